The fourth-order valence-electron chi connectivity index (χ4n) is 2.34. The summed E-state index contributed by atoms with van der Waals surface area (Å²) in [5.74, 6) is 0.0700. The fourth-order valence-corrected chi connectivity index (χ4v) is 3.12. The summed E-state index contributed by atoms with van der Waals surface area (Å²) in [4.78, 5) is 24.5. The highest BCUT2D eigenvalue weighted by molar-refractivity contribution is 7.13. The van der Waals surface area contributed by atoms with Crippen molar-refractivity contribution in [2.24, 2.45) is 0 Å². The van der Waals surface area contributed by atoms with Crippen LogP contribution in [0, 0.1) is 0 Å². The first kappa shape index (κ1) is 20.8. The number of hydrogen-bond donors (Lipinski definition) is 2. The van der Waals surface area contributed by atoms with E-state index >= 15 is 0 Å². The molecule has 2 N–H and O–H groups in total. The van der Waals surface area contributed by atoms with Crippen molar-refractivity contribution in [1.82, 2.24) is 15.5 Å². The van der Waals surface area contributed by atoms with Crippen LogP contribution in [0.5, 0.6) is 5.75 Å². The van der Waals surface area contributed by atoms with Crippen molar-refractivity contribution in [3.63, 3.8) is 0 Å². The van der Waals surface area contributed by atoms with Crippen molar-refractivity contribution in [2.75, 3.05) is 11.9 Å². The summed E-state index contributed by atoms with van der Waals surface area (Å²) in [6, 6.07) is 13.7. The number of benzene rings is 2. The van der Waals surface area contributed by atoms with E-state index < -0.39 is 5.91 Å². The molecule has 29 heavy (non-hydrogen) atoms. The number of carbonyl (C=O) groups excluding carboxylic acids is 2. The molecule has 2 aromatic carbocycles. The number of nitrogens with one attached hydrogen (secondary N) is 2. The predicted molar refractivity (Wildman–Crippen MR) is 113 cm³/mol. The second kappa shape index (κ2) is 9.99. The van der Waals surface area contributed by atoms with Gasteiger partial charge in [-0.15, -0.1) is 10.2 Å². The maximum absolute atomic E-state index is 12.4. The van der Waals surface area contributed by atoms with E-state index in [1.807, 2.05) is 6.92 Å². The van der Waals surface area contributed by atoms with Crippen LogP contribution in [0.25, 0.3) is 0 Å². The van der Waals surface area contributed by atoms with Crippen LogP contribution in [0.3, 0.4) is 0 Å². The third-order valence-corrected chi connectivity index (χ3v) is 4.90. The summed E-state index contributed by atoms with van der Waals surface area (Å²) in [6.07, 6.45) is 0.850. The number of anilines is 1. The molecule has 0 aliphatic heterocycles. The largest absolute Gasteiger partial charge is 0.486 e. The zero-order valence-electron chi connectivity index (χ0n) is 15.6. The molecule has 9 heteroatoms. The molecule has 0 radical (unpaired) electrons. The first-order valence-corrected chi connectivity index (χ1v) is 10.1. The average molecular weight is 431 g/mol. The molecule has 0 saturated heterocycles. The van der Waals surface area contributed by atoms with Gasteiger partial charge < -0.3 is 15.4 Å². The summed E-state index contributed by atoms with van der Waals surface area (Å²) in [6.45, 7) is 2.77. The number of rotatable bonds is 8. The second-order valence-corrected chi connectivity index (χ2v) is 7.53. The van der Waals surface area contributed by atoms with Crippen molar-refractivity contribution >= 4 is 40.4 Å². The number of carbonyl (C=O) groups is 2. The maximum Gasteiger partial charge on any atom is 0.286 e. The van der Waals surface area contributed by atoms with Crippen LogP contribution < -0.4 is 15.4 Å². The zero-order valence-corrected chi connectivity index (χ0v) is 17.2. The smallest absolute Gasteiger partial charge is 0.286 e. The highest BCUT2D eigenvalue weighted by Crippen LogP contribution is 2.19. The Balaban J connectivity index is 1.58. The van der Waals surface area contributed by atoms with Gasteiger partial charge in [0, 0.05) is 22.8 Å². The zero-order chi connectivity index (χ0) is 20.6. The molecule has 0 atom stereocenters. The van der Waals surface area contributed by atoms with Gasteiger partial charge in [-0.05, 0) is 48.9 Å². The Morgan fingerprint density at radius 2 is 1.90 bits per heavy atom. The summed E-state index contributed by atoms with van der Waals surface area (Å²) >= 11 is 6.98. The standard InChI is InChI=1S/C20H19ClN4O3S/c1-2-10-22-18(26)13-4-3-5-15(11-13)23-19(27)20-25-24-17(29-20)12-28-16-8-6-14(21)7-9-16/h3-9,11H,2,10,12H2,1H3,(H,22,26)(H,23,27). The SMILES string of the molecule is CCCNC(=O)c1cccc(NC(=O)c2nnc(COc3ccc(Cl)cc3)s2)c1. The van der Waals surface area contributed by atoms with E-state index in [0.717, 1.165) is 17.8 Å². The lowest BCUT2D eigenvalue weighted by Crippen LogP contribution is -2.24. The van der Waals surface area contributed by atoms with Crippen molar-refractivity contribution in [1.29, 1.82) is 0 Å². The first-order chi connectivity index (χ1) is 14.0. The summed E-state index contributed by atoms with van der Waals surface area (Å²) < 4.78 is 5.61. The fraction of sp³-hybridized carbons (Fsp3) is 0.200. The van der Waals surface area contributed by atoms with E-state index in [1.54, 1.807) is 48.5 Å². The van der Waals surface area contributed by atoms with E-state index in [1.165, 1.54) is 0 Å². The van der Waals surface area contributed by atoms with Crippen molar-refractivity contribution in [3.05, 3.63) is 69.1 Å². The summed E-state index contributed by atoms with van der Waals surface area (Å²) in [5.41, 5.74) is 0.985. The van der Waals surface area contributed by atoms with Crippen LogP contribution in [0.4, 0.5) is 5.69 Å². The third-order valence-electron chi connectivity index (χ3n) is 3.76. The minimum atomic E-state index is -0.397. The van der Waals surface area contributed by atoms with Crippen LogP contribution in [0.1, 0.15) is 38.5 Å². The Bertz CT molecular complexity index is 991. The number of nitrogens with zero attached hydrogens (tertiary/aromatic N) is 2. The van der Waals surface area contributed by atoms with Gasteiger partial charge in [-0.25, -0.2) is 0 Å². The van der Waals surface area contributed by atoms with Gasteiger partial charge >= 0.3 is 0 Å². The third kappa shape index (κ3) is 6.00. The van der Waals surface area contributed by atoms with Gasteiger partial charge in [-0.1, -0.05) is 35.9 Å². The molecular formula is C20H19ClN4O3S. The molecule has 0 aliphatic carbocycles. The minimum absolute atomic E-state index is 0.180. The number of hydrogen-bond acceptors (Lipinski definition) is 6. The molecule has 3 rings (SSSR count). The van der Waals surface area contributed by atoms with E-state index in [2.05, 4.69) is 20.8 Å². The summed E-state index contributed by atoms with van der Waals surface area (Å²) in [5, 5.41) is 14.8. The predicted octanol–water partition coefficient (Wildman–Crippen LogP) is 4.16. The molecule has 7 nitrogen and oxygen atoms in total. The molecule has 0 spiro atoms. The van der Waals surface area contributed by atoms with Crippen molar-refractivity contribution in [2.45, 2.75) is 20.0 Å². The normalized spacial score (nSPS) is 10.4. The van der Waals surface area contributed by atoms with Gasteiger partial charge in [0.05, 0.1) is 0 Å². The van der Waals surface area contributed by atoms with E-state index in [-0.39, 0.29) is 17.5 Å². The first-order valence-electron chi connectivity index (χ1n) is 8.95. The summed E-state index contributed by atoms with van der Waals surface area (Å²) in [7, 11) is 0. The number of amides is 2. The Morgan fingerprint density at radius 1 is 1.10 bits per heavy atom. The van der Waals surface area contributed by atoms with Gasteiger partial charge in [-0.2, -0.15) is 0 Å². The molecule has 1 heterocycles. The van der Waals surface area contributed by atoms with E-state index in [9.17, 15) is 9.59 Å². The topological polar surface area (TPSA) is 93.2 Å². The maximum atomic E-state index is 12.4. The van der Waals surface area contributed by atoms with Gasteiger partial charge in [0.1, 0.15) is 12.4 Å². The molecular weight excluding hydrogens is 412 g/mol. The molecule has 150 valence electrons. The van der Waals surface area contributed by atoms with Crippen LogP contribution in [0.2, 0.25) is 5.02 Å². The Labute approximate surface area is 177 Å². The van der Waals surface area contributed by atoms with E-state index in [4.69, 9.17) is 16.3 Å². The molecule has 3 aromatic rings. The second-order valence-electron chi connectivity index (χ2n) is 6.03. The quantitative estimate of drug-likeness (QED) is 0.559. The van der Waals surface area contributed by atoms with E-state index in [0.29, 0.717) is 33.6 Å². The number of aromatic nitrogens is 2. The molecule has 0 aliphatic rings. The number of halogens is 1. The van der Waals surface area contributed by atoms with Gasteiger partial charge in [0.15, 0.2) is 5.01 Å². The molecule has 0 unspecified atom stereocenters. The highest BCUT2D eigenvalue weighted by Gasteiger charge is 2.14. The lowest BCUT2D eigenvalue weighted by atomic mass is 10.2. The van der Waals surface area contributed by atoms with Gasteiger partial charge in [-0.3, -0.25) is 9.59 Å². The Kier molecular flexibility index (Phi) is 7.15. The monoisotopic (exact) mass is 430 g/mol. The molecule has 2 amide bonds. The van der Waals surface area contributed by atoms with Gasteiger partial charge in [0.2, 0.25) is 5.01 Å². The lowest BCUT2D eigenvalue weighted by Gasteiger charge is -2.06. The van der Waals surface area contributed by atoms with Crippen LogP contribution >= 0.6 is 22.9 Å². The number of ether oxygens (including phenoxy) is 1. The van der Waals surface area contributed by atoms with Crippen molar-refractivity contribution < 1.29 is 14.3 Å². The average Bonchev–Trinajstić information content (AvgIpc) is 3.21. The molecule has 1 aromatic heterocycles. The molecule has 0 bridgehead atoms. The van der Waals surface area contributed by atoms with Gasteiger partial charge in [0.25, 0.3) is 11.8 Å². The minimum Gasteiger partial charge on any atom is -0.486 e. The Morgan fingerprint density at radius 3 is 2.66 bits per heavy atom. The van der Waals surface area contributed by atoms with Crippen LogP contribution in [0.15, 0.2) is 48.5 Å². The molecule has 0 fully saturated rings. The highest BCUT2D eigenvalue weighted by atomic mass is 35.5. The Hall–Kier alpha value is -2.97. The van der Waals surface area contributed by atoms with Crippen molar-refractivity contribution in [3.8, 4) is 5.75 Å². The molecule has 0 saturated carbocycles. The van der Waals surface area contributed by atoms with Crippen LogP contribution in [-0.4, -0.2) is 28.6 Å². The van der Waals surface area contributed by atoms with Crippen LogP contribution in [-0.2, 0) is 6.61 Å². The lowest BCUT2D eigenvalue weighted by molar-refractivity contribution is 0.0952.